The maximum Gasteiger partial charge on any atom is 0.289 e. The molecule has 1 rings (SSSR count). The van der Waals surface area contributed by atoms with Crippen LogP contribution in [-0.2, 0) is 16.0 Å². The molecule has 1 aromatic carbocycles. The third-order valence-corrected chi connectivity index (χ3v) is 3.22. The molecule has 1 aromatic rings. The van der Waals surface area contributed by atoms with Crippen molar-refractivity contribution in [2.24, 2.45) is 10.4 Å². The topological polar surface area (TPSA) is 63.6 Å². The molecule has 0 aliphatic carbocycles. The van der Waals surface area contributed by atoms with Crippen LogP contribution in [0.4, 0.5) is 0 Å². The van der Waals surface area contributed by atoms with E-state index < -0.39 is 5.91 Å². The maximum atomic E-state index is 11.9. The van der Waals surface area contributed by atoms with E-state index in [1.165, 1.54) is 6.08 Å². The summed E-state index contributed by atoms with van der Waals surface area (Å²) in [6.45, 7) is 5.60. The van der Waals surface area contributed by atoms with Crippen molar-refractivity contribution in [2.75, 3.05) is 0 Å². The molecule has 0 saturated carbocycles. The molecule has 0 aliphatic rings. The fraction of sp³-hybridized carbons (Fsp3) is 0.400. The Morgan fingerprint density at radius 1 is 1.30 bits per heavy atom. The molecule has 0 atom stereocenters. The molecule has 0 heterocycles. The van der Waals surface area contributed by atoms with E-state index in [2.05, 4.69) is 4.99 Å². The number of aryl methyl sites for hydroxylation is 1. The Morgan fingerprint density at radius 3 is 2.50 bits per heavy atom. The lowest BCUT2D eigenvalue weighted by Crippen LogP contribution is -2.20. The highest BCUT2D eigenvalue weighted by molar-refractivity contribution is 6.34. The second-order valence-electron chi connectivity index (χ2n) is 5.50. The van der Waals surface area contributed by atoms with Gasteiger partial charge in [-0.15, -0.1) is 4.99 Å². The Labute approximate surface area is 122 Å². The molecule has 0 N–H and O–H groups in total. The lowest BCUT2D eigenvalue weighted by Gasteiger charge is -2.16. The van der Waals surface area contributed by atoms with Crippen molar-refractivity contribution in [2.45, 2.75) is 33.6 Å². The van der Waals surface area contributed by atoms with Crippen LogP contribution in [0.5, 0.6) is 0 Å². The van der Waals surface area contributed by atoms with Gasteiger partial charge in [0.25, 0.3) is 5.91 Å². The Hall–Kier alpha value is -1.77. The first-order valence-corrected chi connectivity index (χ1v) is 6.57. The standard InChI is InChI=1S/C15H16ClNO3/c1-15(2,3)13(19)7-5-10-4-6-12(16)11(8-10)14(20)17-9-18/h4,6,8H,5,7H2,1-3H3. The quantitative estimate of drug-likeness (QED) is 0.631. The highest BCUT2D eigenvalue weighted by atomic mass is 35.5. The monoisotopic (exact) mass is 293 g/mol. The van der Waals surface area contributed by atoms with Crippen molar-refractivity contribution in [3.05, 3.63) is 34.3 Å². The van der Waals surface area contributed by atoms with Gasteiger partial charge in [-0.25, -0.2) is 4.79 Å². The Bertz CT molecular complexity index is 581. The second-order valence-corrected chi connectivity index (χ2v) is 5.90. The number of carbonyl (C=O) groups is 2. The van der Waals surface area contributed by atoms with Gasteiger partial charge in [0.05, 0.1) is 10.6 Å². The van der Waals surface area contributed by atoms with E-state index in [1.54, 1.807) is 18.2 Å². The number of benzene rings is 1. The summed E-state index contributed by atoms with van der Waals surface area (Å²) in [5.41, 5.74) is 0.569. The van der Waals surface area contributed by atoms with Crippen LogP contribution in [0.15, 0.2) is 23.2 Å². The molecule has 1 amide bonds. The maximum absolute atomic E-state index is 11.9. The normalized spacial score (nSPS) is 10.8. The number of hydrogen-bond donors (Lipinski definition) is 0. The molecule has 0 fully saturated rings. The van der Waals surface area contributed by atoms with Crippen molar-refractivity contribution in [1.82, 2.24) is 0 Å². The summed E-state index contributed by atoms with van der Waals surface area (Å²) in [6, 6.07) is 4.87. The molecule has 0 bridgehead atoms. The van der Waals surface area contributed by atoms with Crippen LogP contribution < -0.4 is 0 Å². The van der Waals surface area contributed by atoms with Gasteiger partial charge in [0.15, 0.2) is 0 Å². The van der Waals surface area contributed by atoms with Gasteiger partial charge in [-0.3, -0.25) is 9.59 Å². The minimum atomic E-state index is -0.728. The summed E-state index contributed by atoms with van der Waals surface area (Å²) in [7, 11) is 0. The molecule has 4 nitrogen and oxygen atoms in total. The first-order valence-electron chi connectivity index (χ1n) is 6.19. The van der Waals surface area contributed by atoms with Gasteiger partial charge in [0.2, 0.25) is 6.08 Å². The molecule has 0 aliphatic heterocycles. The molecule has 0 spiro atoms. The number of amides is 1. The molecule has 5 heteroatoms. The first kappa shape index (κ1) is 16.3. The van der Waals surface area contributed by atoms with E-state index in [9.17, 15) is 14.4 Å². The zero-order valence-corrected chi connectivity index (χ0v) is 12.5. The van der Waals surface area contributed by atoms with Crippen LogP contribution in [0.2, 0.25) is 5.02 Å². The minimum Gasteiger partial charge on any atom is -0.299 e. The van der Waals surface area contributed by atoms with Crippen LogP contribution >= 0.6 is 11.6 Å². The molecule has 106 valence electrons. The number of rotatable bonds is 4. The van der Waals surface area contributed by atoms with Gasteiger partial charge in [-0.05, 0) is 24.1 Å². The first-order chi connectivity index (χ1) is 9.25. The molecular formula is C15H16ClNO3. The van der Waals surface area contributed by atoms with Gasteiger partial charge < -0.3 is 0 Å². The zero-order valence-electron chi connectivity index (χ0n) is 11.7. The fourth-order valence-electron chi connectivity index (χ4n) is 1.63. The third kappa shape index (κ3) is 4.41. The van der Waals surface area contributed by atoms with Crippen molar-refractivity contribution in [3.63, 3.8) is 0 Å². The molecule has 0 saturated heterocycles. The minimum absolute atomic E-state index is 0.145. The number of halogens is 1. The second kappa shape index (κ2) is 6.60. The van der Waals surface area contributed by atoms with Crippen LogP contribution in [-0.4, -0.2) is 17.8 Å². The molecule has 0 radical (unpaired) electrons. The van der Waals surface area contributed by atoms with Crippen LogP contribution in [0.1, 0.15) is 43.1 Å². The van der Waals surface area contributed by atoms with E-state index in [-0.39, 0.29) is 21.8 Å². The Kier molecular flexibility index (Phi) is 5.37. The van der Waals surface area contributed by atoms with Crippen molar-refractivity contribution in [3.8, 4) is 0 Å². The number of ketones is 1. The van der Waals surface area contributed by atoms with Crippen LogP contribution in [0, 0.1) is 5.41 Å². The number of aliphatic imine (C=N–C) groups is 1. The van der Waals surface area contributed by atoms with E-state index >= 15 is 0 Å². The van der Waals surface area contributed by atoms with Gasteiger partial charge in [0, 0.05) is 11.8 Å². The SMILES string of the molecule is CC(C)(C)C(=O)CCc1ccc(Cl)c(C(=O)N=C=O)c1. The fourth-order valence-corrected chi connectivity index (χ4v) is 1.82. The number of carbonyl (C=O) groups excluding carboxylic acids is 3. The molecule has 0 aromatic heterocycles. The van der Waals surface area contributed by atoms with E-state index in [4.69, 9.17) is 11.6 Å². The van der Waals surface area contributed by atoms with Crippen molar-refractivity contribution in [1.29, 1.82) is 0 Å². The van der Waals surface area contributed by atoms with Crippen molar-refractivity contribution >= 4 is 29.4 Å². The lowest BCUT2D eigenvalue weighted by atomic mass is 9.87. The average Bonchev–Trinajstić information content (AvgIpc) is 2.36. The number of isocyanates is 1. The predicted octanol–water partition coefficient (Wildman–Crippen LogP) is 3.36. The Balaban J connectivity index is 2.88. The predicted molar refractivity (Wildman–Crippen MR) is 76.7 cm³/mol. The van der Waals surface area contributed by atoms with Gasteiger partial charge in [0.1, 0.15) is 5.78 Å². The number of nitrogens with zero attached hydrogens (tertiary/aromatic N) is 1. The molecular weight excluding hydrogens is 278 g/mol. The molecule has 20 heavy (non-hydrogen) atoms. The number of hydrogen-bond acceptors (Lipinski definition) is 3. The summed E-state index contributed by atoms with van der Waals surface area (Å²) in [4.78, 5) is 36.5. The smallest absolute Gasteiger partial charge is 0.289 e. The third-order valence-electron chi connectivity index (χ3n) is 2.89. The van der Waals surface area contributed by atoms with E-state index in [0.29, 0.717) is 12.8 Å². The van der Waals surface area contributed by atoms with Gasteiger partial charge in [-0.2, -0.15) is 0 Å². The van der Waals surface area contributed by atoms with Gasteiger partial charge in [-0.1, -0.05) is 38.4 Å². The summed E-state index contributed by atoms with van der Waals surface area (Å²) in [6.07, 6.45) is 2.09. The highest BCUT2D eigenvalue weighted by Gasteiger charge is 2.20. The summed E-state index contributed by atoms with van der Waals surface area (Å²) >= 11 is 5.88. The lowest BCUT2D eigenvalue weighted by molar-refractivity contribution is -0.126. The Morgan fingerprint density at radius 2 is 1.95 bits per heavy atom. The van der Waals surface area contributed by atoms with Crippen LogP contribution in [0.3, 0.4) is 0 Å². The number of Topliss-reactive ketones (excluding diaryl/α,β-unsaturated/α-hetero) is 1. The summed E-state index contributed by atoms with van der Waals surface area (Å²) < 4.78 is 0. The summed E-state index contributed by atoms with van der Waals surface area (Å²) in [5.74, 6) is -0.583. The van der Waals surface area contributed by atoms with E-state index in [0.717, 1.165) is 5.56 Å². The molecule has 0 unspecified atom stereocenters. The van der Waals surface area contributed by atoms with E-state index in [1.807, 2.05) is 20.8 Å². The largest absolute Gasteiger partial charge is 0.299 e. The zero-order chi connectivity index (χ0) is 15.3. The van der Waals surface area contributed by atoms with Gasteiger partial charge >= 0.3 is 0 Å². The van der Waals surface area contributed by atoms with Crippen molar-refractivity contribution < 1.29 is 14.4 Å². The summed E-state index contributed by atoms with van der Waals surface area (Å²) in [5, 5.41) is 0.222. The van der Waals surface area contributed by atoms with Crippen LogP contribution in [0.25, 0.3) is 0 Å². The highest BCUT2D eigenvalue weighted by Crippen LogP contribution is 2.22. The average molecular weight is 294 g/mol.